The average Bonchev–Trinajstić information content (AvgIpc) is 2.64. The fraction of sp³-hybridized carbons (Fsp3) is 0.913. The van der Waals surface area contributed by atoms with Crippen LogP contribution in [-0.2, 0) is 14.3 Å². The molecular formula is C23H44O3. The van der Waals surface area contributed by atoms with E-state index in [1.807, 2.05) is 0 Å². The van der Waals surface area contributed by atoms with Gasteiger partial charge in [-0.15, -0.1) is 0 Å². The Morgan fingerprint density at radius 2 is 1.23 bits per heavy atom. The van der Waals surface area contributed by atoms with Crippen molar-refractivity contribution in [3.63, 3.8) is 0 Å². The van der Waals surface area contributed by atoms with Crippen LogP contribution in [0, 0.1) is 0 Å². The first-order valence-corrected chi connectivity index (χ1v) is 11.4. The topological polar surface area (TPSA) is 43.4 Å². The summed E-state index contributed by atoms with van der Waals surface area (Å²) in [5.74, 6) is -0.0714. The minimum Gasteiger partial charge on any atom is -0.462 e. The Kier molecular flexibility index (Phi) is 19.8. The van der Waals surface area contributed by atoms with Gasteiger partial charge in [0.1, 0.15) is 12.4 Å². The van der Waals surface area contributed by atoms with E-state index in [4.69, 9.17) is 4.74 Å². The summed E-state index contributed by atoms with van der Waals surface area (Å²) in [5.41, 5.74) is 0. The Labute approximate surface area is 162 Å². The van der Waals surface area contributed by atoms with Crippen LogP contribution in [0.3, 0.4) is 0 Å². The molecule has 3 nitrogen and oxygen atoms in total. The maximum atomic E-state index is 12.1. The van der Waals surface area contributed by atoms with E-state index < -0.39 is 0 Å². The molecule has 0 radical (unpaired) electrons. The third-order valence-electron chi connectivity index (χ3n) is 5.01. The quantitative estimate of drug-likeness (QED) is 0.130. The first-order valence-electron chi connectivity index (χ1n) is 11.4. The van der Waals surface area contributed by atoms with Gasteiger partial charge in [0.15, 0.2) is 0 Å². The zero-order chi connectivity index (χ0) is 19.3. The minimum atomic E-state index is -0.0714. The molecule has 0 saturated heterocycles. The van der Waals surface area contributed by atoms with Crippen LogP contribution in [0.25, 0.3) is 0 Å². The van der Waals surface area contributed by atoms with Crippen molar-refractivity contribution in [3.05, 3.63) is 0 Å². The predicted molar refractivity (Wildman–Crippen MR) is 110 cm³/mol. The normalized spacial score (nSPS) is 11.0. The third-order valence-corrected chi connectivity index (χ3v) is 5.01. The van der Waals surface area contributed by atoms with Crippen LogP contribution in [0.5, 0.6) is 0 Å². The molecule has 3 heteroatoms. The summed E-state index contributed by atoms with van der Waals surface area (Å²) >= 11 is 0. The van der Waals surface area contributed by atoms with Crippen LogP contribution < -0.4 is 0 Å². The fourth-order valence-corrected chi connectivity index (χ4v) is 3.31. The van der Waals surface area contributed by atoms with Crippen molar-refractivity contribution in [2.75, 3.05) is 0 Å². The monoisotopic (exact) mass is 368 g/mol. The highest BCUT2D eigenvalue weighted by molar-refractivity contribution is 5.69. The Balaban J connectivity index is 4.00. The highest BCUT2D eigenvalue weighted by Gasteiger charge is 2.14. The number of carbonyl (C=O) groups excluding carboxylic acids is 2. The SMILES string of the molecule is CCCCCCCCC(CCCCCCCC)OC(=O)CCCCC=O. The summed E-state index contributed by atoms with van der Waals surface area (Å²) in [6, 6.07) is 0. The molecule has 0 aromatic heterocycles. The van der Waals surface area contributed by atoms with E-state index in [1.165, 1.54) is 77.0 Å². The second-order valence-electron chi connectivity index (χ2n) is 7.64. The standard InChI is InChI=1S/C23H44O3/c1-3-5-7-9-11-14-18-22(19-15-12-10-8-6-4-2)26-23(25)20-16-13-17-21-24/h21-22H,3-20H2,1-2H3. The largest absolute Gasteiger partial charge is 0.462 e. The molecule has 0 heterocycles. The van der Waals surface area contributed by atoms with Crippen LogP contribution in [0.1, 0.15) is 129 Å². The lowest BCUT2D eigenvalue weighted by atomic mass is 10.0. The van der Waals surface area contributed by atoms with Gasteiger partial charge in [-0.2, -0.15) is 0 Å². The lowest BCUT2D eigenvalue weighted by Gasteiger charge is -2.18. The average molecular weight is 369 g/mol. The molecule has 0 unspecified atom stereocenters. The number of hydrogen-bond donors (Lipinski definition) is 0. The molecular weight excluding hydrogens is 324 g/mol. The molecule has 0 rings (SSSR count). The maximum Gasteiger partial charge on any atom is 0.306 e. The number of carbonyl (C=O) groups is 2. The summed E-state index contributed by atoms with van der Waals surface area (Å²) < 4.78 is 5.76. The van der Waals surface area contributed by atoms with E-state index in [0.717, 1.165) is 32.0 Å². The number of rotatable bonds is 20. The molecule has 0 aliphatic heterocycles. The Morgan fingerprint density at radius 3 is 1.73 bits per heavy atom. The second kappa shape index (κ2) is 20.5. The highest BCUT2D eigenvalue weighted by Crippen LogP contribution is 2.17. The lowest BCUT2D eigenvalue weighted by Crippen LogP contribution is -2.18. The summed E-state index contributed by atoms with van der Waals surface area (Å²) in [5, 5.41) is 0. The molecule has 0 aromatic carbocycles. The number of aldehydes is 1. The number of ether oxygens (including phenoxy) is 1. The summed E-state index contributed by atoms with van der Waals surface area (Å²) in [6.45, 7) is 4.48. The van der Waals surface area contributed by atoms with E-state index in [9.17, 15) is 9.59 Å². The molecule has 0 N–H and O–H groups in total. The molecule has 0 bridgehead atoms. The summed E-state index contributed by atoms with van der Waals surface area (Å²) in [7, 11) is 0. The van der Waals surface area contributed by atoms with E-state index in [1.54, 1.807) is 0 Å². The highest BCUT2D eigenvalue weighted by atomic mass is 16.5. The molecule has 0 spiro atoms. The number of unbranched alkanes of at least 4 members (excludes halogenated alkanes) is 12. The molecule has 154 valence electrons. The van der Waals surface area contributed by atoms with E-state index in [0.29, 0.717) is 12.8 Å². The van der Waals surface area contributed by atoms with Crippen LogP contribution >= 0.6 is 0 Å². The molecule has 0 atom stereocenters. The first kappa shape index (κ1) is 25.1. The van der Waals surface area contributed by atoms with Crippen LogP contribution in [0.15, 0.2) is 0 Å². The van der Waals surface area contributed by atoms with Gasteiger partial charge in [0.25, 0.3) is 0 Å². The van der Waals surface area contributed by atoms with E-state index >= 15 is 0 Å². The first-order chi connectivity index (χ1) is 12.7. The van der Waals surface area contributed by atoms with Crippen LogP contribution in [0.4, 0.5) is 0 Å². The van der Waals surface area contributed by atoms with Crippen molar-refractivity contribution < 1.29 is 14.3 Å². The molecule has 0 fully saturated rings. The Bertz CT molecular complexity index is 299. The van der Waals surface area contributed by atoms with Gasteiger partial charge >= 0.3 is 5.97 Å². The maximum absolute atomic E-state index is 12.1. The Morgan fingerprint density at radius 1 is 0.731 bits per heavy atom. The van der Waals surface area contributed by atoms with Crippen molar-refractivity contribution in [1.82, 2.24) is 0 Å². The Hall–Kier alpha value is -0.860. The minimum absolute atomic E-state index is 0.0714. The van der Waals surface area contributed by atoms with Crippen molar-refractivity contribution in [2.24, 2.45) is 0 Å². The van der Waals surface area contributed by atoms with Crippen molar-refractivity contribution >= 4 is 12.3 Å². The van der Waals surface area contributed by atoms with Crippen LogP contribution in [-0.4, -0.2) is 18.4 Å². The summed E-state index contributed by atoms with van der Waals surface area (Å²) in [4.78, 5) is 22.4. The molecule has 0 saturated carbocycles. The zero-order valence-electron chi connectivity index (χ0n) is 17.6. The fourth-order valence-electron chi connectivity index (χ4n) is 3.31. The van der Waals surface area contributed by atoms with Gasteiger partial charge < -0.3 is 9.53 Å². The smallest absolute Gasteiger partial charge is 0.306 e. The predicted octanol–water partition coefficient (Wildman–Crippen LogP) is 7.16. The van der Waals surface area contributed by atoms with Crippen molar-refractivity contribution in [2.45, 2.75) is 136 Å². The van der Waals surface area contributed by atoms with Gasteiger partial charge in [-0.25, -0.2) is 0 Å². The van der Waals surface area contributed by atoms with E-state index in [-0.39, 0.29) is 12.1 Å². The second-order valence-corrected chi connectivity index (χ2v) is 7.64. The summed E-state index contributed by atoms with van der Waals surface area (Å²) in [6.07, 6.45) is 20.9. The molecule has 0 aliphatic carbocycles. The van der Waals surface area contributed by atoms with Gasteiger partial charge in [-0.3, -0.25) is 4.79 Å². The van der Waals surface area contributed by atoms with Crippen molar-refractivity contribution in [1.29, 1.82) is 0 Å². The number of esters is 1. The lowest BCUT2D eigenvalue weighted by molar-refractivity contribution is -0.150. The third kappa shape index (κ3) is 17.9. The van der Waals surface area contributed by atoms with Crippen LogP contribution in [0.2, 0.25) is 0 Å². The van der Waals surface area contributed by atoms with Gasteiger partial charge in [0, 0.05) is 12.8 Å². The number of hydrogen-bond acceptors (Lipinski definition) is 3. The van der Waals surface area contributed by atoms with Gasteiger partial charge in [-0.05, 0) is 38.5 Å². The molecule has 0 amide bonds. The zero-order valence-corrected chi connectivity index (χ0v) is 17.6. The van der Waals surface area contributed by atoms with Gasteiger partial charge in [0.2, 0.25) is 0 Å². The molecule has 0 aromatic rings. The molecule has 0 aliphatic rings. The van der Waals surface area contributed by atoms with Gasteiger partial charge in [0.05, 0.1) is 0 Å². The van der Waals surface area contributed by atoms with Crippen molar-refractivity contribution in [3.8, 4) is 0 Å². The van der Waals surface area contributed by atoms with Gasteiger partial charge in [-0.1, -0.05) is 78.1 Å². The molecule has 26 heavy (non-hydrogen) atoms. The van der Waals surface area contributed by atoms with E-state index in [2.05, 4.69) is 13.8 Å².